The Bertz CT molecular complexity index is 687. The van der Waals surface area contributed by atoms with Crippen LogP contribution in [0.15, 0.2) is 12.1 Å². The van der Waals surface area contributed by atoms with E-state index in [0.29, 0.717) is 5.75 Å². The van der Waals surface area contributed by atoms with E-state index >= 15 is 0 Å². The van der Waals surface area contributed by atoms with Gasteiger partial charge in [-0.15, -0.1) is 0 Å². The van der Waals surface area contributed by atoms with Crippen LogP contribution < -0.4 is 0 Å². The summed E-state index contributed by atoms with van der Waals surface area (Å²) in [6, 6.07) is 4.11. The summed E-state index contributed by atoms with van der Waals surface area (Å²) in [5.74, 6) is -0.343. The molecule has 0 aliphatic carbocycles. The number of unbranched alkanes of at least 4 members (excludes halogenated alkanes) is 13. The predicted octanol–water partition coefficient (Wildman–Crippen LogP) is 9.68. The maximum atomic E-state index is 11.6. The zero-order chi connectivity index (χ0) is 25.4. The highest BCUT2D eigenvalue weighted by molar-refractivity contribution is 5.68. The van der Waals surface area contributed by atoms with Crippen LogP contribution in [0.1, 0.15) is 160 Å². The smallest absolute Gasteiger partial charge is 0.303 e. The maximum absolute atomic E-state index is 11.6. The summed E-state index contributed by atoms with van der Waals surface area (Å²) < 4.78 is 0. The average Bonchev–Trinajstić information content (AvgIpc) is 2.77. The topological polar surface area (TPSA) is 57.5 Å². The number of aryl methyl sites for hydroxylation is 1. The molecule has 0 spiro atoms. The summed E-state index contributed by atoms with van der Waals surface area (Å²) in [6.45, 7) is 10.6. The molecule has 3 nitrogen and oxygen atoms in total. The number of carboxylic acid groups (broad SMARTS) is 1. The lowest BCUT2D eigenvalue weighted by molar-refractivity contribution is -0.137. The van der Waals surface area contributed by atoms with E-state index in [-0.39, 0.29) is 17.8 Å². The lowest BCUT2D eigenvalue weighted by Crippen LogP contribution is -2.14. The molecule has 0 saturated carbocycles. The number of benzene rings is 1. The second-order valence-corrected chi connectivity index (χ2v) is 11.4. The minimum absolute atomic E-state index is 0.0156. The van der Waals surface area contributed by atoms with E-state index < -0.39 is 5.97 Å². The molecule has 1 aromatic carbocycles. The normalized spacial score (nSPS) is 12.7. The van der Waals surface area contributed by atoms with Crippen molar-refractivity contribution in [2.24, 2.45) is 0 Å². The van der Waals surface area contributed by atoms with Gasteiger partial charge in [0.25, 0.3) is 0 Å². The zero-order valence-corrected chi connectivity index (χ0v) is 23.1. The number of hydrogen-bond acceptors (Lipinski definition) is 2. The first-order valence-corrected chi connectivity index (χ1v) is 14.3. The van der Waals surface area contributed by atoms with Crippen LogP contribution in [0.5, 0.6) is 5.75 Å². The Morgan fingerprint density at radius 1 is 0.794 bits per heavy atom. The number of carboxylic acids is 1. The molecule has 1 aromatic rings. The molecular weight excluding hydrogens is 420 g/mol. The van der Waals surface area contributed by atoms with Crippen molar-refractivity contribution in [3.8, 4) is 5.75 Å². The first kappa shape index (κ1) is 30.5. The highest BCUT2D eigenvalue weighted by atomic mass is 16.4. The molecule has 0 saturated heterocycles. The summed E-state index contributed by atoms with van der Waals surface area (Å²) in [7, 11) is 0. The van der Waals surface area contributed by atoms with Gasteiger partial charge in [-0.3, -0.25) is 4.79 Å². The lowest BCUT2D eigenvalue weighted by atomic mass is 9.80. The van der Waals surface area contributed by atoms with Gasteiger partial charge >= 0.3 is 5.97 Å². The molecule has 3 heteroatoms. The third kappa shape index (κ3) is 12.3. The largest absolute Gasteiger partial charge is 0.507 e. The summed E-state index contributed by atoms with van der Waals surface area (Å²) in [4.78, 5) is 11.6. The van der Waals surface area contributed by atoms with Crippen molar-refractivity contribution in [1.29, 1.82) is 0 Å². The monoisotopic (exact) mass is 474 g/mol. The zero-order valence-electron chi connectivity index (χ0n) is 23.1. The van der Waals surface area contributed by atoms with Crippen LogP contribution in [0.3, 0.4) is 0 Å². The maximum Gasteiger partial charge on any atom is 0.303 e. The molecule has 0 aliphatic heterocycles. The van der Waals surface area contributed by atoms with Crippen molar-refractivity contribution >= 4 is 5.97 Å². The van der Waals surface area contributed by atoms with Crippen LogP contribution in [0.4, 0.5) is 0 Å². The molecule has 0 aromatic heterocycles. The number of rotatable bonds is 19. The van der Waals surface area contributed by atoms with Gasteiger partial charge in [0, 0.05) is 0 Å². The van der Waals surface area contributed by atoms with Gasteiger partial charge in [-0.2, -0.15) is 0 Å². The molecule has 0 amide bonds. The fourth-order valence-corrected chi connectivity index (χ4v) is 4.98. The fraction of sp³-hybridized carbons (Fsp3) is 0.774. The van der Waals surface area contributed by atoms with E-state index in [9.17, 15) is 15.0 Å². The fourth-order valence-electron chi connectivity index (χ4n) is 4.98. The number of carbonyl (C=O) groups is 1. The summed E-state index contributed by atoms with van der Waals surface area (Å²) in [5.41, 5.74) is 2.76. The molecule has 196 valence electrons. The van der Waals surface area contributed by atoms with Gasteiger partial charge in [0.05, 0.1) is 6.42 Å². The van der Waals surface area contributed by atoms with Gasteiger partial charge in [0.1, 0.15) is 5.75 Å². The van der Waals surface area contributed by atoms with Crippen LogP contribution in [0.2, 0.25) is 0 Å². The number of aliphatic carboxylic acids is 1. The molecule has 1 rings (SSSR count). The standard InChI is InChI=1S/C31H54O3/c1-6-8-9-10-11-12-13-14-15-16-17-18-19-20-21-26(24-29(32)33)27-22-25(7-2)30(34)28(23-27)31(3,4)5/h22-23,26,34H,6-21,24H2,1-5H3,(H,32,33). The predicted molar refractivity (Wildman–Crippen MR) is 146 cm³/mol. The number of hydrogen-bond donors (Lipinski definition) is 2. The third-order valence-corrected chi connectivity index (χ3v) is 7.20. The van der Waals surface area contributed by atoms with Gasteiger partial charge < -0.3 is 10.2 Å². The Kier molecular flexibility index (Phi) is 15.3. The van der Waals surface area contributed by atoms with E-state index in [2.05, 4.69) is 33.8 Å². The summed E-state index contributed by atoms with van der Waals surface area (Å²) in [5, 5.41) is 20.2. The first-order valence-electron chi connectivity index (χ1n) is 14.3. The molecule has 1 atom stereocenters. The van der Waals surface area contributed by atoms with Gasteiger partial charge in [0.15, 0.2) is 0 Å². The summed E-state index contributed by atoms with van der Waals surface area (Å²) in [6.07, 6.45) is 20.5. The minimum Gasteiger partial charge on any atom is -0.507 e. The van der Waals surface area contributed by atoms with Crippen molar-refractivity contribution in [3.63, 3.8) is 0 Å². The molecule has 34 heavy (non-hydrogen) atoms. The Morgan fingerprint density at radius 3 is 1.68 bits per heavy atom. The average molecular weight is 475 g/mol. The van der Waals surface area contributed by atoms with Crippen LogP contribution in [-0.2, 0) is 16.6 Å². The van der Waals surface area contributed by atoms with Crippen LogP contribution in [0.25, 0.3) is 0 Å². The molecule has 1 unspecified atom stereocenters. The highest BCUT2D eigenvalue weighted by Gasteiger charge is 2.24. The van der Waals surface area contributed by atoms with Crippen molar-refractivity contribution in [3.05, 3.63) is 28.8 Å². The van der Waals surface area contributed by atoms with E-state index in [1.807, 2.05) is 13.0 Å². The number of phenolic OH excluding ortho intramolecular Hbond substituents is 1. The summed E-state index contributed by atoms with van der Waals surface area (Å²) >= 11 is 0. The Balaban J connectivity index is 2.42. The molecular formula is C31H54O3. The quantitative estimate of drug-likeness (QED) is 0.196. The minimum atomic E-state index is -0.737. The second kappa shape index (κ2) is 17.0. The molecule has 0 heterocycles. The SMILES string of the molecule is CCCCCCCCCCCCCCCCC(CC(=O)O)c1cc(CC)c(O)c(C(C)(C)C)c1. The van der Waals surface area contributed by atoms with Gasteiger partial charge in [-0.1, -0.05) is 137 Å². The van der Waals surface area contributed by atoms with Crippen LogP contribution >= 0.6 is 0 Å². The molecule has 2 N–H and O–H groups in total. The Morgan fingerprint density at radius 2 is 1.26 bits per heavy atom. The molecule has 0 bridgehead atoms. The van der Waals surface area contributed by atoms with E-state index in [0.717, 1.165) is 36.0 Å². The van der Waals surface area contributed by atoms with Gasteiger partial charge in [-0.05, 0) is 40.9 Å². The molecule has 0 radical (unpaired) electrons. The van der Waals surface area contributed by atoms with E-state index in [1.54, 1.807) is 0 Å². The van der Waals surface area contributed by atoms with Gasteiger partial charge in [-0.25, -0.2) is 0 Å². The lowest BCUT2D eigenvalue weighted by Gasteiger charge is -2.25. The molecule has 0 aliphatic rings. The van der Waals surface area contributed by atoms with Gasteiger partial charge in [0.2, 0.25) is 0 Å². The van der Waals surface area contributed by atoms with Crippen LogP contribution in [0, 0.1) is 0 Å². The third-order valence-electron chi connectivity index (χ3n) is 7.20. The van der Waals surface area contributed by atoms with Crippen molar-refractivity contribution in [1.82, 2.24) is 0 Å². The Labute approximate surface area is 210 Å². The van der Waals surface area contributed by atoms with Crippen molar-refractivity contribution in [2.45, 2.75) is 155 Å². The van der Waals surface area contributed by atoms with Crippen LogP contribution in [-0.4, -0.2) is 16.2 Å². The highest BCUT2D eigenvalue weighted by Crippen LogP contribution is 2.38. The first-order chi connectivity index (χ1) is 16.2. The Hall–Kier alpha value is -1.51. The number of phenols is 1. The molecule has 0 fully saturated rings. The van der Waals surface area contributed by atoms with Crippen molar-refractivity contribution in [2.75, 3.05) is 0 Å². The van der Waals surface area contributed by atoms with E-state index in [1.165, 1.54) is 83.5 Å². The number of aromatic hydroxyl groups is 1. The second-order valence-electron chi connectivity index (χ2n) is 11.4. The van der Waals surface area contributed by atoms with E-state index in [4.69, 9.17) is 0 Å². The van der Waals surface area contributed by atoms with Crippen molar-refractivity contribution < 1.29 is 15.0 Å².